The van der Waals surface area contributed by atoms with Gasteiger partial charge in [-0.3, -0.25) is 0 Å². The molecule has 0 fully saturated rings. The van der Waals surface area contributed by atoms with Crippen LogP contribution in [0.1, 0.15) is 32.3 Å². The highest BCUT2D eigenvalue weighted by Gasteiger charge is 2.26. The van der Waals surface area contributed by atoms with Crippen LogP contribution in [0.5, 0.6) is 5.75 Å². The van der Waals surface area contributed by atoms with E-state index in [4.69, 9.17) is 4.74 Å². The zero-order valence-corrected chi connectivity index (χ0v) is 13.5. The van der Waals surface area contributed by atoms with E-state index in [1.54, 1.807) is 7.11 Å². The van der Waals surface area contributed by atoms with Crippen molar-refractivity contribution in [2.75, 3.05) is 26.5 Å². The molecule has 0 saturated carbocycles. The van der Waals surface area contributed by atoms with Gasteiger partial charge in [0.1, 0.15) is 5.75 Å². The molecule has 19 heavy (non-hydrogen) atoms. The highest BCUT2D eigenvalue weighted by Crippen LogP contribution is 2.29. The van der Waals surface area contributed by atoms with Crippen molar-refractivity contribution in [3.63, 3.8) is 0 Å². The van der Waals surface area contributed by atoms with Crippen LogP contribution in [0.2, 0.25) is 0 Å². The lowest BCUT2D eigenvalue weighted by molar-refractivity contribution is 0.178. The Hall–Kier alpha value is -0.670. The Balaban J connectivity index is 2.71. The number of ether oxygens (including phenoxy) is 1. The van der Waals surface area contributed by atoms with Gasteiger partial charge in [0.25, 0.3) is 0 Å². The zero-order chi connectivity index (χ0) is 14.3. The van der Waals surface area contributed by atoms with Crippen molar-refractivity contribution >= 4 is 12.6 Å². The molecule has 0 heterocycles. The predicted octanol–water partition coefficient (Wildman–Crippen LogP) is 3.86. The summed E-state index contributed by atoms with van der Waals surface area (Å²) < 4.78 is 5.41. The van der Waals surface area contributed by atoms with E-state index in [9.17, 15) is 0 Å². The molecule has 0 bridgehead atoms. The third kappa shape index (κ3) is 4.43. The van der Waals surface area contributed by atoms with Gasteiger partial charge in [0.2, 0.25) is 0 Å². The molecule has 0 aliphatic carbocycles. The summed E-state index contributed by atoms with van der Waals surface area (Å²) in [6.07, 6.45) is 2.34. The first-order valence-corrected chi connectivity index (χ1v) is 7.65. The van der Waals surface area contributed by atoms with E-state index in [2.05, 4.69) is 50.6 Å². The second-order valence-corrected chi connectivity index (χ2v) is 5.67. The van der Waals surface area contributed by atoms with Crippen LogP contribution in [-0.2, 0) is 6.54 Å². The molecule has 0 aliphatic heterocycles. The molecule has 0 amide bonds. The summed E-state index contributed by atoms with van der Waals surface area (Å²) in [5, 5.41) is 0. The summed E-state index contributed by atoms with van der Waals surface area (Å²) in [6.45, 7) is 6.51. The van der Waals surface area contributed by atoms with Crippen LogP contribution >= 0.6 is 12.6 Å². The van der Waals surface area contributed by atoms with Crippen molar-refractivity contribution in [3.8, 4) is 5.75 Å². The summed E-state index contributed by atoms with van der Waals surface area (Å²) in [7, 11) is 3.91. The molecule has 2 nitrogen and oxygen atoms in total. The van der Waals surface area contributed by atoms with Crippen molar-refractivity contribution in [1.82, 2.24) is 4.90 Å². The van der Waals surface area contributed by atoms with Gasteiger partial charge in [0, 0.05) is 18.7 Å². The maximum atomic E-state index is 5.41. The third-order valence-corrected chi connectivity index (χ3v) is 4.74. The fourth-order valence-electron chi connectivity index (χ4n) is 2.50. The van der Waals surface area contributed by atoms with E-state index in [0.29, 0.717) is 5.41 Å². The van der Waals surface area contributed by atoms with Crippen LogP contribution in [0.25, 0.3) is 0 Å². The Morgan fingerprint density at radius 2 is 1.84 bits per heavy atom. The van der Waals surface area contributed by atoms with Gasteiger partial charge in [-0.05, 0) is 37.1 Å². The van der Waals surface area contributed by atoms with Crippen molar-refractivity contribution in [1.29, 1.82) is 0 Å². The number of rotatable bonds is 8. The number of hydrogen-bond acceptors (Lipinski definition) is 3. The summed E-state index contributed by atoms with van der Waals surface area (Å²) >= 11 is 4.55. The van der Waals surface area contributed by atoms with Gasteiger partial charge in [-0.25, -0.2) is 0 Å². The normalized spacial score (nSPS) is 11.9. The first-order chi connectivity index (χ1) is 9.10. The van der Waals surface area contributed by atoms with Gasteiger partial charge in [-0.15, -0.1) is 0 Å². The number of methoxy groups -OCH3 is 1. The van der Waals surface area contributed by atoms with E-state index < -0.39 is 0 Å². The minimum atomic E-state index is 0.319. The molecule has 0 radical (unpaired) electrons. The Morgan fingerprint density at radius 1 is 1.21 bits per heavy atom. The minimum Gasteiger partial charge on any atom is -0.496 e. The molecule has 3 heteroatoms. The summed E-state index contributed by atoms with van der Waals surface area (Å²) in [5.74, 6) is 1.91. The highest BCUT2D eigenvalue weighted by atomic mass is 32.1. The SMILES string of the molecule is CCC(CC)(CS)CN(C)Cc1ccccc1OC. The van der Waals surface area contributed by atoms with Crippen molar-refractivity contribution in [2.45, 2.75) is 33.2 Å². The van der Waals surface area contributed by atoms with Crippen LogP contribution in [0.3, 0.4) is 0 Å². The van der Waals surface area contributed by atoms with E-state index >= 15 is 0 Å². The first kappa shape index (κ1) is 16.4. The Bertz CT molecular complexity index is 369. The summed E-state index contributed by atoms with van der Waals surface area (Å²) in [6, 6.07) is 8.24. The number of para-hydroxylation sites is 1. The summed E-state index contributed by atoms with van der Waals surface area (Å²) in [4.78, 5) is 2.38. The Morgan fingerprint density at radius 3 is 2.37 bits per heavy atom. The van der Waals surface area contributed by atoms with Crippen LogP contribution in [-0.4, -0.2) is 31.4 Å². The molecule has 108 valence electrons. The first-order valence-electron chi connectivity index (χ1n) is 7.02. The van der Waals surface area contributed by atoms with Crippen LogP contribution in [0, 0.1) is 5.41 Å². The fraction of sp³-hybridized carbons (Fsp3) is 0.625. The minimum absolute atomic E-state index is 0.319. The maximum Gasteiger partial charge on any atom is 0.123 e. The van der Waals surface area contributed by atoms with E-state index in [1.807, 2.05) is 12.1 Å². The largest absolute Gasteiger partial charge is 0.496 e. The molecule has 1 aromatic carbocycles. The lowest BCUT2D eigenvalue weighted by Gasteiger charge is -2.34. The molecular weight excluding hydrogens is 254 g/mol. The van der Waals surface area contributed by atoms with Gasteiger partial charge in [-0.1, -0.05) is 32.0 Å². The standard InChI is InChI=1S/C16H27NOS/c1-5-16(6-2,13-19)12-17(3)11-14-9-7-8-10-15(14)18-4/h7-10,19H,5-6,11-13H2,1-4H3. The average molecular weight is 281 g/mol. The lowest BCUT2D eigenvalue weighted by Crippen LogP contribution is -2.36. The topological polar surface area (TPSA) is 12.5 Å². The van der Waals surface area contributed by atoms with Gasteiger partial charge >= 0.3 is 0 Å². The quantitative estimate of drug-likeness (QED) is 0.726. The fourth-order valence-corrected chi connectivity index (χ4v) is 3.05. The molecule has 1 aromatic rings. The predicted molar refractivity (Wildman–Crippen MR) is 86.2 cm³/mol. The van der Waals surface area contributed by atoms with Crippen molar-refractivity contribution in [2.24, 2.45) is 5.41 Å². The second-order valence-electron chi connectivity index (χ2n) is 5.35. The smallest absolute Gasteiger partial charge is 0.123 e. The molecule has 0 N–H and O–H groups in total. The number of benzene rings is 1. The summed E-state index contributed by atoms with van der Waals surface area (Å²) in [5.41, 5.74) is 1.56. The Labute approximate surface area is 123 Å². The van der Waals surface area contributed by atoms with Gasteiger partial charge in [0.05, 0.1) is 7.11 Å². The number of hydrogen-bond donors (Lipinski definition) is 1. The zero-order valence-electron chi connectivity index (χ0n) is 12.6. The number of thiol groups is 1. The van der Waals surface area contributed by atoms with E-state index in [1.165, 1.54) is 18.4 Å². The molecule has 0 aliphatic rings. The van der Waals surface area contributed by atoms with Gasteiger partial charge < -0.3 is 9.64 Å². The third-order valence-electron chi connectivity index (χ3n) is 4.07. The molecule has 0 atom stereocenters. The monoisotopic (exact) mass is 281 g/mol. The molecular formula is C16H27NOS. The molecule has 0 unspecified atom stereocenters. The molecule has 0 spiro atoms. The van der Waals surface area contributed by atoms with Crippen LogP contribution in [0.4, 0.5) is 0 Å². The van der Waals surface area contributed by atoms with Crippen LogP contribution in [0.15, 0.2) is 24.3 Å². The average Bonchev–Trinajstić information content (AvgIpc) is 2.45. The van der Waals surface area contributed by atoms with Gasteiger partial charge in [-0.2, -0.15) is 12.6 Å². The van der Waals surface area contributed by atoms with E-state index in [-0.39, 0.29) is 0 Å². The van der Waals surface area contributed by atoms with Gasteiger partial charge in [0.15, 0.2) is 0 Å². The maximum absolute atomic E-state index is 5.41. The molecule has 1 rings (SSSR count). The number of nitrogens with zero attached hydrogens (tertiary/aromatic N) is 1. The molecule has 0 aromatic heterocycles. The second kappa shape index (κ2) is 7.81. The van der Waals surface area contributed by atoms with Crippen molar-refractivity contribution < 1.29 is 4.74 Å². The molecule has 0 saturated heterocycles. The van der Waals surface area contributed by atoms with E-state index in [0.717, 1.165) is 24.6 Å². The lowest BCUT2D eigenvalue weighted by atomic mass is 9.84. The highest BCUT2D eigenvalue weighted by molar-refractivity contribution is 7.80. The van der Waals surface area contributed by atoms with Crippen LogP contribution < -0.4 is 4.74 Å². The van der Waals surface area contributed by atoms with Crippen molar-refractivity contribution in [3.05, 3.63) is 29.8 Å². The Kier molecular flexibility index (Phi) is 6.73.